The number of hydrogen-bond donors (Lipinski definition) is 0. The van der Waals surface area contributed by atoms with Crippen LogP contribution in [-0.4, -0.2) is 77.5 Å². The zero-order valence-electron chi connectivity index (χ0n) is 30.7. The van der Waals surface area contributed by atoms with Crippen molar-refractivity contribution in [3.05, 3.63) is 141 Å². The molecule has 4 aromatic carbocycles. The van der Waals surface area contributed by atoms with Crippen molar-refractivity contribution in [2.45, 2.75) is 60.2 Å². The Kier molecular flexibility index (Phi) is 14.0. The van der Waals surface area contributed by atoms with Gasteiger partial charge in [0.1, 0.15) is 12.2 Å². The summed E-state index contributed by atoms with van der Waals surface area (Å²) in [6.07, 6.45) is -4.64. The van der Waals surface area contributed by atoms with E-state index in [1.165, 1.54) is 7.05 Å². The van der Waals surface area contributed by atoms with Gasteiger partial charge in [-0.2, -0.15) is 13.2 Å². The van der Waals surface area contributed by atoms with Gasteiger partial charge >= 0.3 is 6.18 Å². The molecule has 1 spiro atoms. The molecule has 2 aliphatic heterocycles. The lowest BCUT2D eigenvalue weighted by Crippen LogP contribution is -2.56. The number of alkyl halides is 3. The first-order valence-electron chi connectivity index (χ1n) is 18.0. The van der Waals surface area contributed by atoms with Gasteiger partial charge in [0.15, 0.2) is 4.75 Å². The Morgan fingerprint density at radius 2 is 1.44 bits per heavy atom. The summed E-state index contributed by atoms with van der Waals surface area (Å²) in [6, 6.07) is 32.5. The number of carbonyl (C=O) groups is 2. The van der Waals surface area contributed by atoms with Gasteiger partial charge < -0.3 is 19.3 Å². The lowest BCUT2D eigenvalue weighted by atomic mass is 9.81. The van der Waals surface area contributed by atoms with Crippen molar-refractivity contribution >= 4 is 58.6 Å². The van der Waals surface area contributed by atoms with Gasteiger partial charge in [0, 0.05) is 76.6 Å². The van der Waals surface area contributed by atoms with Gasteiger partial charge in [0.2, 0.25) is 11.8 Å². The Hall–Kier alpha value is -3.25. The molecule has 0 radical (unpaired) electrons. The molecule has 6 rings (SSSR count). The maximum Gasteiger partial charge on any atom is 0.397 e. The second kappa shape index (κ2) is 17.9. The molecule has 4 aromatic rings. The van der Waals surface area contributed by atoms with Crippen molar-refractivity contribution < 1.29 is 27.3 Å². The van der Waals surface area contributed by atoms with E-state index >= 15 is 0 Å². The van der Waals surface area contributed by atoms with E-state index in [1.807, 2.05) is 78.9 Å². The summed E-state index contributed by atoms with van der Waals surface area (Å²) in [6.45, 7) is 1.51. The van der Waals surface area contributed by atoms with Crippen molar-refractivity contribution in [3.8, 4) is 0 Å². The number of likely N-dealkylation sites (N-methyl/N-ethyl adjacent to an activating group) is 2. The van der Waals surface area contributed by atoms with E-state index in [0.717, 1.165) is 27.2 Å². The first kappa shape index (κ1) is 42.9. The fraction of sp³-hybridized carbons (Fsp3) is 0.381. The first-order chi connectivity index (χ1) is 25.7. The number of amides is 2. The normalized spacial score (nSPS) is 17.7. The molecule has 0 bridgehead atoms. The molecule has 0 saturated carbocycles. The summed E-state index contributed by atoms with van der Waals surface area (Å²) in [5.74, 6) is -1.14. The third-order valence-corrected chi connectivity index (χ3v) is 14.1. The molecular weight excluding hydrogens is 790 g/mol. The fourth-order valence-electron chi connectivity index (χ4n) is 8.17. The number of nitrogens with zero attached hydrogens (tertiary/aromatic N) is 3. The second-order valence-corrected chi connectivity index (χ2v) is 17.0. The highest BCUT2D eigenvalue weighted by Crippen LogP contribution is 2.49. The highest BCUT2D eigenvalue weighted by molar-refractivity contribution is 7.92. The Morgan fingerprint density at radius 1 is 0.855 bits per heavy atom. The molecule has 2 amide bonds. The Labute approximate surface area is 340 Å². The number of carbonyl (C=O) groups excluding carboxylic acids is 2. The van der Waals surface area contributed by atoms with E-state index in [9.17, 15) is 27.3 Å². The van der Waals surface area contributed by atoms with Crippen LogP contribution in [0.25, 0.3) is 0 Å². The highest BCUT2D eigenvalue weighted by atomic mass is 35.5. The summed E-state index contributed by atoms with van der Waals surface area (Å²) in [5, 5.41) is 0.501. The summed E-state index contributed by atoms with van der Waals surface area (Å²) in [7, 11) is 3.00. The van der Waals surface area contributed by atoms with Gasteiger partial charge in [0.05, 0.1) is 15.6 Å². The largest absolute Gasteiger partial charge is 0.615 e. The van der Waals surface area contributed by atoms with Crippen molar-refractivity contribution in [1.29, 1.82) is 0 Å². The molecule has 0 aliphatic carbocycles. The van der Waals surface area contributed by atoms with Crippen LogP contribution in [0.3, 0.4) is 0 Å². The van der Waals surface area contributed by atoms with Crippen LogP contribution in [0, 0.1) is 0 Å². The minimum atomic E-state index is -4.71. The molecule has 55 heavy (non-hydrogen) atoms. The van der Waals surface area contributed by atoms with Gasteiger partial charge in [-0.25, -0.2) is 0 Å². The van der Waals surface area contributed by atoms with Crippen LogP contribution < -0.4 is 0 Å². The van der Waals surface area contributed by atoms with E-state index < -0.39 is 40.0 Å². The number of halogens is 6. The van der Waals surface area contributed by atoms with E-state index in [4.69, 9.17) is 23.2 Å². The van der Waals surface area contributed by atoms with Crippen LogP contribution in [0.5, 0.6) is 0 Å². The van der Waals surface area contributed by atoms with Crippen LogP contribution in [0.2, 0.25) is 10.0 Å². The first-order valence-corrected chi connectivity index (χ1v) is 20.1. The lowest BCUT2D eigenvalue weighted by molar-refractivity contribution is -0.163. The van der Waals surface area contributed by atoms with Gasteiger partial charge in [-0.1, -0.05) is 114 Å². The maximum atomic E-state index is 14.8. The minimum absolute atomic E-state index is 0. The predicted octanol–water partition coefficient (Wildman–Crippen LogP) is 9.35. The number of likely N-dealkylation sites (tertiary alicyclic amines) is 1. The van der Waals surface area contributed by atoms with Gasteiger partial charge in [-0.05, 0) is 46.4 Å². The highest BCUT2D eigenvalue weighted by Gasteiger charge is 2.52. The average Bonchev–Trinajstić information content (AvgIpc) is 3.43. The van der Waals surface area contributed by atoms with E-state index in [0.29, 0.717) is 43.8 Å². The lowest BCUT2D eigenvalue weighted by Gasteiger charge is -2.47. The van der Waals surface area contributed by atoms with Gasteiger partial charge in [-0.3, -0.25) is 9.59 Å². The predicted molar refractivity (Wildman–Crippen MR) is 216 cm³/mol. The van der Waals surface area contributed by atoms with Crippen molar-refractivity contribution in [1.82, 2.24) is 14.7 Å². The molecule has 294 valence electrons. The monoisotopic (exact) mass is 833 g/mol. The van der Waals surface area contributed by atoms with Gasteiger partial charge in [-0.15, -0.1) is 12.4 Å². The van der Waals surface area contributed by atoms with Crippen LogP contribution >= 0.6 is 35.6 Å². The third kappa shape index (κ3) is 9.49. The summed E-state index contributed by atoms with van der Waals surface area (Å²) in [4.78, 5) is 32.8. The molecule has 13 heteroatoms. The summed E-state index contributed by atoms with van der Waals surface area (Å²) >= 11 is 11.9. The van der Waals surface area contributed by atoms with E-state index in [1.54, 1.807) is 30.1 Å². The molecule has 2 atom stereocenters. The van der Waals surface area contributed by atoms with E-state index in [2.05, 4.69) is 11.0 Å². The Bertz CT molecular complexity index is 1890. The van der Waals surface area contributed by atoms with Crippen LogP contribution in [0.15, 0.2) is 103 Å². The zero-order valence-corrected chi connectivity index (χ0v) is 33.9. The number of piperidine rings is 1. The van der Waals surface area contributed by atoms with Crippen LogP contribution in [-0.2, 0) is 36.8 Å². The van der Waals surface area contributed by atoms with Crippen molar-refractivity contribution in [2.75, 3.05) is 40.3 Å². The topological polar surface area (TPSA) is 66.9 Å². The molecule has 1 saturated heterocycles. The molecule has 0 aromatic heterocycles. The second-order valence-electron chi connectivity index (χ2n) is 14.5. The Balaban J connectivity index is 0.00000580. The number of fused-ring (bicyclic) bond motifs is 2. The number of rotatable bonds is 12. The molecule has 2 aliphatic rings. The summed E-state index contributed by atoms with van der Waals surface area (Å²) < 4.78 is 53.7. The summed E-state index contributed by atoms with van der Waals surface area (Å²) in [5.41, 5.74) is 3.40. The molecule has 1 fully saturated rings. The minimum Gasteiger partial charge on any atom is -0.615 e. The quantitative estimate of drug-likeness (QED) is 0.134. The number of benzene rings is 4. The molecule has 0 N–H and O–H groups in total. The SMILES string of the molecule is CN(CC(CCN1CCC2(CC1)c1ccccc1C[S@+]2[O-])(c1ccc(Cl)c(Cl)c1)N(C)C(=O)CC(c1ccccc1)c1ccccc1)C(=O)CC(F)(F)F.Cl. The standard InChI is InChI=1S/C42H44Cl2F3N3O3S.ClH/c1-48(39(52)27-42(45,46)47)29-40(33-17-18-36(43)37(44)25-33,19-22-50-23-20-41(21-24-50)35-16-10-9-15-32(35)28-54(41)53)49(2)38(51)26-34(30-11-5-3-6-12-30)31-13-7-4-8-14-31;/h3-18,25,34H,19-24,26-29H2,1-2H3;1H/t40?,54-;/m0./s1. The van der Waals surface area contributed by atoms with E-state index in [-0.39, 0.29) is 53.7 Å². The van der Waals surface area contributed by atoms with Crippen molar-refractivity contribution in [2.24, 2.45) is 0 Å². The molecule has 2 heterocycles. The number of hydrogen-bond acceptors (Lipinski definition) is 4. The fourth-order valence-corrected chi connectivity index (χ4v) is 10.4. The average molecular weight is 835 g/mol. The maximum absolute atomic E-state index is 14.8. The van der Waals surface area contributed by atoms with Crippen LogP contribution in [0.1, 0.15) is 65.8 Å². The third-order valence-electron chi connectivity index (χ3n) is 11.3. The Morgan fingerprint density at radius 3 is 2.02 bits per heavy atom. The molecule has 6 nitrogen and oxygen atoms in total. The van der Waals surface area contributed by atoms with Gasteiger partial charge in [0.25, 0.3) is 0 Å². The smallest absolute Gasteiger partial charge is 0.397 e. The molecular formula is C42H45Cl3F3N3O3S. The zero-order chi connectivity index (χ0) is 38.7. The van der Waals surface area contributed by atoms with Crippen LogP contribution in [0.4, 0.5) is 13.2 Å². The van der Waals surface area contributed by atoms with Crippen molar-refractivity contribution in [3.63, 3.8) is 0 Å². The molecule has 1 unspecified atom stereocenters.